The summed E-state index contributed by atoms with van der Waals surface area (Å²) in [6.07, 6.45) is -1.12. The van der Waals surface area contributed by atoms with Crippen molar-refractivity contribution in [2.75, 3.05) is 7.11 Å². The lowest BCUT2D eigenvalue weighted by atomic mass is 10.2. The van der Waals surface area contributed by atoms with E-state index >= 15 is 0 Å². The highest BCUT2D eigenvalue weighted by atomic mass is 16.6. The van der Waals surface area contributed by atoms with Crippen molar-refractivity contribution in [3.05, 3.63) is 23.8 Å². The number of phenolic OH excluding ortho intramolecular Hbond substituents is 2. The minimum atomic E-state index is -1.12. The van der Waals surface area contributed by atoms with Crippen LogP contribution in [0.25, 0.3) is 0 Å². The first-order chi connectivity index (χ1) is 5.63. The van der Waals surface area contributed by atoms with Crippen LogP contribution in [-0.4, -0.2) is 22.4 Å². The second kappa shape index (κ2) is 3.42. The van der Waals surface area contributed by atoms with Gasteiger partial charge in [-0.05, 0) is 12.1 Å². The summed E-state index contributed by atoms with van der Waals surface area (Å²) in [7, 11) is 1.33. The Morgan fingerprint density at radius 3 is 2.08 bits per heavy atom. The maximum atomic E-state index is 9.13. The summed E-state index contributed by atoms with van der Waals surface area (Å²) in [5.41, 5.74) is 0.315. The molecule has 1 atom stereocenters. The lowest BCUT2D eigenvalue weighted by Gasteiger charge is -2.08. The van der Waals surface area contributed by atoms with Gasteiger partial charge in [0.15, 0.2) is 6.29 Å². The van der Waals surface area contributed by atoms with E-state index < -0.39 is 6.29 Å². The van der Waals surface area contributed by atoms with Gasteiger partial charge in [-0.3, -0.25) is 0 Å². The number of hydrogen-bond donors (Lipinski definition) is 3. The van der Waals surface area contributed by atoms with Crippen LogP contribution in [0.5, 0.6) is 11.5 Å². The predicted octanol–water partition coefficient (Wildman–Crippen LogP) is 0.735. The minimum Gasteiger partial charge on any atom is -0.508 e. The molecule has 0 aliphatic carbocycles. The van der Waals surface area contributed by atoms with E-state index in [1.54, 1.807) is 0 Å². The van der Waals surface area contributed by atoms with Gasteiger partial charge in [-0.2, -0.15) is 0 Å². The van der Waals surface area contributed by atoms with Gasteiger partial charge in [0.2, 0.25) is 0 Å². The van der Waals surface area contributed by atoms with Crippen molar-refractivity contribution in [1.82, 2.24) is 0 Å². The molecule has 4 heteroatoms. The van der Waals surface area contributed by atoms with Crippen LogP contribution in [0, 0.1) is 0 Å². The molecule has 0 radical (unpaired) electrons. The molecule has 4 nitrogen and oxygen atoms in total. The van der Waals surface area contributed by atoms with Gasteiger partial charge in [0, 0.05) is 18.7 Å². The summed E-state index contributed by atoms with van der Waals surface area (Å²) in [6.45, 7) is 0. The SMILES string of the molecule is COC(O)c1cc(O)cc(O)c1. The Balaban J connectivity index is 3.00. The molecule has 0 heterocycles. The molecule has 0 aliphatic heterocycles. The van der Waals surface area contributed by atoms with Gasteiger partial charge in [0.25, 0.3) is 0 Å². The lowest BCUT2D eigenvalue weighted by molar-refractivity contribution is -0.0771. The third kappa shape index (κ3) is 1.87. The summed E-state index contributed by atoms with van der Waals surface area (Å²) < 4.78 is 4.58. The molecule has 0 saturated heterocycles. The zero-order valence-corrected chi connectivity index (χ0v) is 6.56. The van der Waals surface area contributed by atoms with E-state index in [9.17, 15) is 0 Å². The smallest absolute Gasteiger partial charge is 0.181 e. The molecule has 0 aliphatic rings. The molecule has 0 fully saturated rings. The number of methoxy groups -OCH3 is 1. The average molecular weight is 170 g/mol. The first-order valence-corrected chi connectivity index (χ1v) is 3.37. The maximum absolute atomic E-state index is 9.13. The van der Waals surface area contributed by atoms with Crippen molar-refractivity contribution in [1.29, 1.82) is 0 Å². The molecule has 0 bridgehead atoms. The van der Waals surface area contributed by atoms with Crippen LogP contribution in [0.15, 0.2) is 18.2 Å². The molecule has 0 spiro atoms. The Hall–Kier alpha value is -1.26. The Morgan fingerprint density at radius 2 is 1.67 bits per heavy atom. The molecule has 12 heavy (non-hydrogen) atoms. The molecule has 0 aromatic heterocycles. The fourth-order valence-corrected chi connectivity index (χ4v) is 0.897. The third-order valence-corrected chi connectivity index (χ3v) is 1.43. The van der Waals surface area contributed by atoms with Gasteiger partial charge in [-0.25, -0.2) is 0 Å². The van der Waals surface area contributed by atoms with E-state index in [0.29, 0.717) is 5.56 Å². The molecule has 3 N–H and O–H groups in total. The Bertz CT molecular complexity index is 252. The number of hydrogen-bond acceptors (Lipinski definition) is 4. The van der Waals surface area contributed by atoms with Crippen molar-refractivity contribution < 1.29 is 20.1 Å². The van der Waals surface area contributed by atoms with Crippen molar-refractivity contribution >= 4 is 0 Å². The second-order valence-electron chi connectivity index (χ2n) is 2.37. The highest BCUT2D eigenvalue weighted by molar-refractivity contribution is 5.37. The third-order valence-electron chi connectivity index (χ3n) is 1.43. The summed E-state index contributed by atoms with van der Waals surface area (Å²) in [4.78, 5) is 0. The number of aromatic hydroxyl groups is 2. The molecule has 1 rings (SSSR count). The average Bonchev–Trinajstić information content (AvgIpc) is 2.01. The Kier molecular flexibility index (Phi) is 2.52. The van der Waals surface area contributed by atoms with Gasteiger partial charge >= 0.3 is 0 Å². The number of rotatable bonds is 2. The fourth-order valence-electron chi connectivity index (χ4n) is 0.897. The molecule has 1 aromatic carbocycles. The van der Waals surface area contributed by atoms with Crippen LogP contribution >= 0.6 is 0 Å². The van der Waals surface area contributed by atoms with E-state index in [0.717, 1.165) is 0 Å². The number of phenols is 2. The Labute approximate surface area is 69.7 Å². The van der Waals surface area contributed by atoms with Crippen molar-refractivity contribution in [2.45, 2.75) is 6.29 Å². The topological polar surface area (TPSA) is 69.9 Å². The molecule has 0 saturated carbocycles. The maximum Gasteiger partial charge on any atom is 0.181 e. The zero-order chi connectivity index (χ0) is 9.14. The van der Waals surface area contributed by atoms with Gasteiger partial charge < -0.3 is 20.1 Å². The zero-order valence-electron chi connectivity index (χ0n) is 6.56. The van der Waals surface area contributed by atoms with Gasteiger partial charge in [0.05, 0.1) is 0 Å². The van der Waals surface area contributed by atoms with Gasteiger partial charge in [-0.1, -0.05) is 0 Å². The number of aliphatic hydroxyl groups is 1. The molecular formula is C8H10O4. The minimum absolute atomic E-state index is 0.110. The van der Waals surface area contributed by atoms with E-state index in [2.05, 4.69) is 4.74 Å². The lowest BCUT2D eigenvalue weighted by Crippen LogP contribution is -1.98. The standard InChI is InChI=1S/C8H10O4/c1-12-8(11)5-2-6(9)4-7(10)3-5/h2-4,8-11H,1H3. The van der Waals surface area contributed by atoms with Gasteiger partial charge in [0.1, 0.15) is 11.5 Å². The predicted molar refractivity (Wildman–Crippen MR) is 41.7 cm³/mol. The summed E-state index contributed by atoms with van der Waals surface area (Å²) in [6, 6.07) is 3.80. The monoisotopic (exact) mass is 170 g/mol. The first kappa shape index (κ1) is 8.83. The number of benzene rings is 1. The molecule has 66 valence electrons. The molecule has 1 aromatic rings. The van der Waals surface area contributed by atoms with Crippen molar-refractivity contribution in [3.63, 3.8) is 0 Å². The van der Waals surface area contributed by atoms with Gasteiger partial charge in [-0.15, -0.1) is 0 Å². The fraction of sp³-hybridized carbons (Fsp3) is 0.250. The Morgan fingerprint density at radius 1 is 1.17 bits per heavy atom. The largest absolute Gasteiger partial charge is 0.508 e. The van der Waals surface area contributed by atoms with Crippen LogP contribution in [0.2, 0.25) is 0 Å². The van der Waals surface area contributed by atoms with E-state index in [1.807, 2.05) is 0 Å². The van der Waals surface area contributed by atoms with Crippen LogP contribution in [0.1, 0.15) is 11.9 Å². The summed E-state index contributed by atoms with van der Waals surface area (Å²) >= 11 is 0. The van der Waals surface area contributed by atoms with Crippen LogP contribution in [0.4, 0.5) is 0 Å². The van der Waals surface area contributed by atoms with Crippen molar-refractivity contribution in [2.24, 2.45) is 0 Å². The highest BCUT2D eigenvalue weighted by Gasteiger charge is 2.07. The van der Waals surface area contributed by atoms with Crippen LogP contribution < -0.4 is 0 Å². The molecule has 0 amide bonds. The normalized spacial score (nSPS) is 12.8. The van der Waals surface area contributed by atoms with Crippen LogP contribution in [-0.2, 0) is 4.74 Å². The second-order valence-corrected chi connectivity index (χ2v) is 2.37. The molecular weight excluding hydrogens is 160 g/mol. The summed E-state index contributed by atoms with van der Waals surface area (Å²) in [5, 5.41) is 27.2. The van der Waals surface area contributed by atoms with E-state index in [1.165, 1.54) is 25.3 Å². The quantitative estimate of drug-likeness (QED) is 0.572. The van der Waals surface area contributed by atoms with E-state index in [-0.39, 0.29) is 11.5 Å². The van der Waals surface area contributed by atoms with Crippen molar-refractivity contribution in [3.8, 4) is 11.5 Å². The number of ether oxygens (including phenoxy) is 1. The number of aliphatic hydroxyl groups excluding tert-OH is 1. The molecule has 1 unspecified atom stereocenters. The van der Waals surface area contributed by atoms with Crippen LogP contribution in [0.3, 0.4) is 0 Å². The first-order valence-electron chi connectivity index (χ1n) is 3.37. The highest BCUT2D eigenvalue weighted by Crippen LogP contribution is 2.24. The van der Waals surface area contributed by atoms with E-state index in [4.69, 9.17) is 15.3 Å². The summed E-state index contributed by atoms with van der Waals surface area (Å²) in [5.74, 6) is -0.220.